The average molecular weight is 321 g/mol. The van der Waals surface area contributed by atoms with Gasteiger partial charge in [0.15, 0.2) is 0 Å². The molecule has 1 aromatic carbocycles. The van der Waals surface area contributed by atoms with E-state index in [-0.39, 0.29) is 11.3 Å². The highest BCUT2D eigenvalue weighted by Gasteiger charge is 2.32. The Morgan fingerprint density at radius 3 is 2.56 bits per heavy atom. The van der Waals surface area contributed by atoms with E-state index in [1.807, 2.05) is 0 Å². The first-order valence-electron chi connectivity index (χ1n) is 5.81. The predicted molar refractivity (Wildman–Crippen MR) is 69.0 cm³/mol. The maximum Gasteiger partial charge on any atom is 0.258 e. The molecule has 6 heteroatoms. The second kappa shape index (κ2) is 5.95. The molecule has 1 aromatic rings. The molecule has 0 radical (unpaired) electrons. The van der Waals surface area contributed by atoms with Crippen molar-refractivity contribution < 1.29 is 13.9 Å². The van der Waals surface area contributed by atoms with E-state index in [0.29, 0.717) is 30.7 Å². The minimum Gasteiger partial charge on any atom is -0.506 e. The minimum absolute atomic E-state index is 0.0960. The van der Waals surface area contributed by atoms with Crippen LogP contribution in [-0.2, 0) is 0 Å². The number of hydrogen-bond donors (Lipinski definition) is 2. The smallest absolute Gasteiger partial charge is 0.258 e. The van der Waals surface area contributed by atoms with Crippen LogP contribution in [0.5, 0.6) is 5.75 Å². The van der Waals surface area contributed by atoms with Crippen LogP contribution in [0.25, 0.3) is 0 Å². The van der Waals surface area contributed by atoms with E-state index in [2.05, 4.69) is 21.2 Å². The lowest BCUT2D eigenvalue weighted by Gasteiger charge is -2.35. The van der Waals surface area contributed by atoms with E-state index < -0.39 is 12.5 Å². The minimum atomic E-state index is -2.52. The van der Waals surface area contributed by atoms with Gasteiger partial charge in [0.1, 0.15) is 11.8 Å². The summed E-state index contributed by atoms with van der Waals surface area (Å²) in [7, 11) is 0. The molecular weight excluding hydrogens is 306 g/mol. The molecule has 1 fully saturated rings. The number of benzene rings is 1. The van der Waals surface area contributed by atoms with Gasteiger partial charge in [-0.1, -0.05) is 12.1 Å². The molecule has 0 unspecified atom stereocenters. The summed E-state index contributed by atoms with van der Waals surface area (Å²) in [6.45, 7) is 2.50. The Hall–Kier alpha value is -0.720. The molecule has 1 atom stereocenters. The highest BCUT2D eigenvalue weighted by atomic mass is 79.9. The van der Waals surface area contributed by atoms with E-state index >= 15 is 0 Å². The molecule has 2 rings (SSSR count). The van der Waals surface area contributed by atoms with Crippen molar-refractivity contribution in [3.8, 4) is 5.75 Å². The van der Waals surface area contributed by atoms with E-state index in [1.165, 1.54) is 0 Å². The quantitative estimate of drug-likeness (QED) is 0.897. The van der Waals surface area contributed by atoms with Gasteiger partial charge < -0.3 is 10.4 Å². The molecular formula is C12H15BrF2N2O. The van der Waals surface area contributed by atoms with Gasteiger partial charge in [0.25, 0.3) is 6.43 Å². The molecule has 1 heterocycles. The van der Waals surface area contributed by atoms with Crippen LogP contribution in [0.4, 0.5) is 8.78 Å². The number of rotatable bonds is 3. The summed E-state index contributed by atoms with van der Waals surface area (Å²) in [4.78, 5) is 1.71. The van der Waals surface area contributed by atoms with Crippen LogP contribution < -0.4 is 5.32 Å². The molecule has 100 valence electrons. The van der Waals surface area contributed by atoms with Gasteiger partial charge in [-0.25, -0.2) is 8.78 Å². The van der Waals surface area contributed by atoms with Crippen LogP contribution in [0.15, 0.2) is 22.7 Å². The van der Waals surface area contributed by atoms with Gasteiger partial charge in [-0.3, -0.25) is 4.90 Å². The lowest BCUT2D eigenvalue weighted by molar-refractivity contribution is 0.0170. The molecule has 0 amide bonds. The number of nitrogens with zero attached hydrogens (tertiary/aromatic N) is 1. The standard InChI is InChI=1S/C12H15BrF2N2O/c13-9-3-1-2-8(11(9)18)10(12(14)15)17-6-4-16-5-7-17/h1-3,10,12,16,18H,4-7H2/t10-/m0/s1. The summed E-state index contributed by atoms with van der Waals surface area (Å²) in [5.41, 5.74) is 0.279. The maximum absolute atomic E-state index is 13.3. The zero-order chi connectivity index (χ0) is 13.1. The number of nitrogens with one attached hydrogen (secondary N) is 1. The predicted octanol–water partition coefficient (Wildman–Crippen LogP) is 2.37. The monoisotopic (exact) mass is 320 g/mol. The van der Waals surface area contributed by atoms with Crippen molar-refractivity contribution in [1.82, 2.24) is 10.2 Å². The first-order chi connectivity index (χ1) is 8.61. The van der Waals surface area contributed by atoms with E-state index in [9.17, 15) is 13.9 Å². The van der Waals surface area contributed by atoms with Crippen LogP contribution in [0, 0.1) is 0 Å². The second-order valence-corrected chi connectivity index (χ2v) is 5.10. The van der Waals surface area contributed by atoms with Crippen molar-refractivity contribution in [2.24, 2.45) is 0 Å². The first kappa shape index (κ1) is 13.7. The van der Waals surface area contributed by atoms with Gasteiger partial charge in [0.2, 0.25) is 0 Å². The van der Waals surface area contributed by atoms with E-state index in [4.69, 9.17) is 0 Å². The summed E-state index contributed by atoms with van der Waals surface area (Å²) in [6, 6.07) is 3.80. The molecule has 0 aromatic heterocycles. The Bertz CT molecular complexity index is 411. The van der Waals surface area contributed by atoms with Crippen molar-refractivity contribution in [2.45, 2.75) is 12.5 Å². The molecule has 0 bridgehead atoms. The topological polar surface area (TPSA) is 35.5 Å². The van der Waals surface area contributed by atoms with Gasteiger partial charge in [0, 0.05) is 31.7 Å². The zero-order valence-electron chi connectivity index (χ0n) is 9.74. The molecule has 1 aliphatic heterocycles. The number of phenolic OH excluding ortho intramolecular Hbond substituents is 1. The molecule has 18 heavy (non-hydrogen) atoms. The summed E-state index contributed by atoms with van der Waals surface area (Å²) in [5, 5.41) is 13.1. The lowest BCUT2D eigenvalue weighted by Crippen LogP contribution is -2.46. The first-order valence-corrected chi connectivity index (χ1v) is 6.61. The number of piperazine rings is 1. The molecule has 0 spiro atoms. The third-order valence-corrected chi connectivity index (χ3v) is 3.76. The Balaban J connectivity index is 2.31. The molecule has 0 aliphatic carbocycles. The summed E-state index contributed by atoms with van der Waals surface area (Å²) in [6.07, 6.45) is -2.52. The molecule has 1 saturated heterocycles. The summed E-state index contributed by atoms with van der Waals surface area (Å²) >= 11 is 3.16. The highest BCUT2D eigenvalue weighted by Crippen LogP contribution is 2.37. The normalized spacial score (nSPS) is 19.1. The Morgan fingerprint density at radius 2 is 1.94 bits per heavy atom. The molecule has 2 N–H and O–H groups in total. The largest absolute Gasteiger partial charge is 0.506 e. The van der Waals surface area contributed by atoms with Crippen molar-refractivity contribution >= 4 is 15.9 Å². The molecule has 3 nitrogen and oxygen atoms in total. The van der Waals surface area contributed by atoms with E-state index in [1.54, 1.807) is 23.1 Å². The summed E-state index contributed by atoms with van der Waals surface area (Å²) in [5.74, 6) is -0.0960. The van der Waals surface area contributed by atoms with Crippen molar-refractivity contribution in [3.63, 3.8) is 0 Å². The fourth-order valence-corrected chi connectivity index (χ4v) is 2.60. The van der Waals surface area contributed by atoms with E-state index in [0.717, 1.165) is 0 Å². The number of hydrogen-bond acceptors (Lipinski definition) is 3. The number of alkyl halides is 2. The maximum atomic E-state index is 13.3. The van der Waals surface area contributed by atoms with Crippen LogP contribution in [-0.4, -0.2) is 42.6 Å². The fourth-order valence-electron chi connectivity index (χ4n) is 2.22. The number of para-hydroxylation sites is 1. The Labute approximate surface area is 113 Å². The zero-order valence-corrected chi connectivity index (χ0v) is 11.3. The Kier molecular flexibility index (Phi) is 4.53. The molecule has 1 aliphatic rings. The molecule has 0 saturated carbocycles. The third-order valence-electron chi connectivity index (χ3n) is 3.12. The van der Waals surface area contributed by atoms with Crippen LogP contribution in [0.3, 0.4) is 0 Å². The van der Waals surface area contributed by atoms with Gasteiger partial charge in [-0.2, -0.15) is 0 Å². The fraction of sp³-hybridized carbons (Fsp3) is 0.500. The second-order valence-electron chi connectivity index (χ2n) is 4.24. The number of phenols is 1. The Morgan fingerprint density at radius 1 is 1.28 bits per heavy atom. The number of aromatic hydroxyl groups is 1. The van der Waals surface area contributed by atoms with Crippen LogP contribution >= 0.6 is 15.9 Å². The van der Waals surface area contributed by atoms with Crippen molar-refractivity contribution in [2.75, 3.05) is 26.2 Å². The van der Waals surface area contributed by atoms with Gasteiger partial charge in [0.05, 0.1) is 4.47 Å². The van der Waals surface area contributed by atoms with Gasteiger partial charge in [-0.15, -0.1) is 0 Å². The van der Waals surface area contributed by atoms with Crippen molar-refractivity contribution in [3.05, 3.63) is 28.2 Å². The number of halogens is 3. The van der Waals surface area contributed by atoms with Crippen molar-refractivity contribution in [1.29, 1.82) is 0 Å². The lowest BCUT2D eigenvalue weighted by atomic mass is 10.0. The van der Waals surface area contributed by atoms with Crippen LogP contribution in [0.1, 0.15) is 11.6 Å². The van der Waals surface area contributed by atoms with Gasteiger partial charge in [-0.05, 0) is 22.0 Å². The highest BCUT2D eigenvalue weighted by molar-refractivity contribution is 9.10. The SMILES string of the molecule is Oc1c(Br)cccc1[C@@H](C(F)F)N1CCNCC1. The average Bonchev–Trinajstić information content (AvgIpc) is 2.36. The van der Waals surface area contributed by atoms with Crippen LogP contribution in [0.2, 0.25) is 0 Å². The summed E-state index contributed by atoms with van der Waals surface area (Å²) < 4.78 is 27.0. The third kappa shape index (κ3) is 2.81. The van der Waals surface area contributed by atoms with Gasteiger partial charge >= 0.3 is 0 Å².